The van der Waals surface area contributed by atoms with Crippen LogP contribution in [0.15, 0.2) is 22.7 Å². The van der Waals surface area contributed by atoms with Gasteiger partial charge in [0.2, 0.25) is 5.89 Å². The molecule has 0 aliphatic carbocycles. The van der Waals surface area contributed by atoms with Crippen molar-refractivity contribution in [2.75, 3.05) is 17.6 Å². The lowest BCUT2D eigenvalue weighted by Crippen LogP contribution is -2.07. The van der Waals surface area contributed by atoms with Gasteiger partial charge in [-0.15, -0.1) is 0 Å². The third-order valence-electron chi connectivity index (χ3n) is 2.25. The first-order chi connectivity index (χ1) is 8.15. The van der Waals surface area contributed by atoms with Gasteiger partial charge in [0.1, 0.15) is 5.82 Å². The smallest absolute Gasteiger partial charge is 0.223 e. The van der Waals surface area contributed by atoms with Crippen LogP contribution in [0.2, 0.25) is 0 Å². The molecule has 0 aliphatic heterocycles. The number of benzene rings is 1. The minimum absolute atomic E-state index is 0.346. The normalized spacial score (nSPS) is 10.5. The number of nitrogens with zero attached hydrogens (tertiary/aromatic N) is 2. The molecule has 90 valence electrons. The number of nitrogens with one attached hydrogen (secondary N) is 1. The Hall–Kier alpha value is -2.11. The van der Waals surface area contributed by atoms with Crippen LogP contribution in [-0.4, -0.2) is 16.7 Å². The third-order valence-corrected chi connectivity index (χ3v) is 2.25. The molecule has 0 amide bonds. The van der Waals surface area contributed by atoms with E-state index in [0.717, 1.165) is 0 Å². The van der Waals surface area contributed by atoms with Crippen LogP contribution < -0.4 is 11.1 Å². The van der Waals surface area contributed by atoms with Gasteiger partial charge in [0.05, 0.1) is 11.4 Å². The average molecular weight is 236 g/mol. The van der Waals surface area contributed by atoms with Gasteiger partial charge in [0.25, 0.3) is 0 Å². The molecule has 6 heteroatoms. The van der Waals surface area contributed by atoms with E-state index in [1.54, 1.807) is 13.0 Å². The van der Waals surface area contributed by atoms with Gasteiger partial charge in [-0.1, -0.05) is 5.16 Å². The first kappa shape index (κ1) is 11.4. The maximum atomic E-state index is 12.8. The standard InChI is InChI=1S/C11H13FN4O/c1-7-15-11(16-17-7)4-5-14-10-3-2-8(12)6-9(10)13/h2-3,6,14H,4-5,13H2,1H3. The molecule has 0 spiro atoms. The van der Waals surface area contributed by atoms with Crippen LogP contribution >= 0.6 is 0 Å². The molecule has 0 radical (unpaired) electrons. The summed E-state index contributed by atoms with van der Waals surface area (Å²) < 4.78 is 17.6. The molecule has 0 bridgehead atoms. The lowest BCUT2D eigenvalue weighted by Gasteiger charge is -2.07. The number of nitrogens with two attached hydrogens (primary N) is 1. The van der Waals surface area contributed by atoms with Crippen molar-refractivity contribution in [3.63, 3.8) is 0 Å². The number of rotatable bonds is 4. The van der Waals surface area contributed by atoms with Crippen molar-refractivity contribution in [3.8, 4) is 0 Å². The van der Waals surface area contributed by atoms with Crippen molar-refractivity contribution < 1.29 is 8.91 Å². The molecule has 0 unspecified atom stereocenters. The van der Waals surface area contributed by atoms with Gasteiger partial charge in [0, 0.05) is 19.9 Å². The predicted molar refractivity (Wildman–Crippen MR) is 62.0 cm³/mol. The van der Waals surface area contributed by atoms with Crippen molar-refractivity contribution in [2.45, 2.75) is 13.3 Å². The summed E-state index contributed by atoms with van der Waals surface area (Å²) in [4.78, 5) is 4.07. The Kier molecular flexibility index (Phi) is 3.22. The van der Waals surface area contributed by atoms with Crippen molar-refractivity contribution in [1.29, 1.82) is 0 Å². The summed E-state index contributed by atoms with van der Waals surface area (Å²) in [6.45, 7) is 2.34. The number of aryl methyl sites for hydroxylation is 1. The fraction of sp³-hybridized carbons (Fsp3) is 0.273. The van der Waals surface area contributed by atoms with Gasteiger partial charge in [-0.05, 0) is 18.2 Å². The van der Waals surface area contributed by atoms with Crippen LogP contribution in [0, 0.1) is 12.7 Å². The number of aromatic nitrogens is 2. The zero-order valence-electron chi connectivity index (χ0n) is 9.40. The molecule has 1 aromatic heterocycles. The van der Waals surface area contributed by atoms with E-state index < -0.39 is 0 Å². The van der Waals surface area contributed by atoms with E-state index in [2.05, 4.69) is 15.5 Å². The number of anilines is 2. The number of hydrogen-bond donors (Lipinski definition) is 2. The molecule has 2 rings (SSSR count). The molecule has 0 saturated heterocycles. The molecule has 0 aliphatic rings. The van der Waals surface area contributed by atoms with E-state index in [9.17, 15) is 4.39 Å². The van der Waals surface area contributed by atoms with E-state index in [0.29, 0.717) is 36.1 Å². The van der Waals surface area contributed by atoms with Crippen molar-refractivity contribution in [3.05, 3.63) is 35.7 Å². The lowest BCUT2D eigenvalue weighted by atomic mass is 10.2. The van der Waals surface area contributed by atoms with E-state index in [-0.39, 0.29) is 5.82 Å². The minimum Gasteiger partial charge on any atom is -0.397 e. The Labute approximate surface area is 97.8 Å². The number of hydrogen-bond acceptors (Lipinski definition) is 5. The summed E-state index contributed by atoms with van der Waals surface area (Å²) in [5.41, 5.74) is 6.74. The summed E-state index contributed by atoms with van der Waals surface area (Å²) in [6, 6.07) is 4.24. The van der Waals surface area contributed by atoms with Crippen LogP contribution in [0.1, 0.15) is 11.7 Å². The van der Waals surface area contributed by atoms with Crippen LogP contribution in [0.3, 0.4) is 0 Å². The SMILES string of the molecule is Cc1nc(CCNc2ccc(F)cc2N)no1. The maximum Gasteiger partial charge on any atom is 0.223 e. The Morgan fingerprint density at radius 2 is 2.29 bits per heavy atom. The molecule has 0 fully saturated rings. The maximum absolute atomic E-state index is 12.8. The Morgan fingerprint density at radius 3 is 2.94 bits per heavy atom. The van der Waals surface area contributed by atoms with Crippen molar-refractivity contribution in [2.24, 2.45) is 0 Å². The van der Waals surface area contributed by atoms with Gasteiger partial charge in [0.15, 0.2) is 5.82 Å². The molecule has 0 saturated carbocycles. The molecule has 0 atom stereocenters. The van der Waals surface area contributed by atoms with Gasteiger partial charge in [-0.2, -0.15) is 4.98 Å². The Balaban J connectivity index is 1.90. The van der Waals surface area contributed by atoms with Crippen molar-refractivity contribution >= 4 is 11.4 Å². The third kappa shape index (κ3) is 2.93. The van der Waals surface area contributed by atoms with Crippen LogP contribution in [0.25, 0.3) is 0 Å². The second kappa shape index (κ2) is 4.82. The summed E-state index contributed by atoms with van der Waals surface area (Å²) in [5, 5.41) is 6.85. The number of halogens is 1. The highest BCUT2D eigenvalue weighted by atomic mass is 19.1. The molecule has 1 aromatic carbocycles. The van der Waals surface area contributed by atoms with Crippen molar-refractivity contribution in [1.82, 2.24) is 10.1 Å². The summed E-state index contributed by atoms with van der Waals surface area (Å²) in [5.74, 6) is 0.832. The molecular formula is C11H13FN4O. The monoisotopic (exact) mass is 236 g/mol. The van der Waals surface area contributed by atoms with E-state index in [1.165, 1.54) is 12.1 Å². The average Bonchev–Trinajstić information content (AvgIpc) is 2.68. The van der Waals surface area contributed by atoms with Crippen LogP contribution in [-0.2, 0) is 6.42 Å². The molecule has 3 N–H and O–H groups in total. The molecule has 1 heterocycles. The van der Waals surface area contributed by atoms with Crippen LogP contribution in [0.5, 0.6) is 0 Å². The van der Waals surface area contributed by atoms with E-state index >= 15 is 0 Å². The van der Waals surface area contributed by atoms with Gasteiger partial charge in [-0.3, -0.25) is 0 Å². The molecule has 5 nitrogen and oxygen atoms in total. The number of nitrogen functional groups attached to an aromatic ring is 1. The largest absolute Gasteiger partial charge is 0.397 e. The highest BCUT2D eigenvalue weighted by Gasteiger charge is 2.03. The molecule has 17 heavy (non-hydrogen) atoms. The van der Waals surface area contributed by atoms with E-state index in [1.807, 2.05) is 0 Å². The zero-order valence-corrected chi connectivity index (χ0v) is 9.40. The highest BCUT2D eigenvalue weighted by Crippen LogP contribution is 2.18. The second-order valence-corrected chi connectivity index (χ2v) is 3.64. The quantitative estimate of drug-likeness (QED) is 0.791. The zero-order chi connectivity index (χ0) is 12.3. The first-order valence-corrected chi connectivity index (χ1v) is 5.23. The van der Waals surface area contributed by atoms with E-state index in [4.69, 9.17) is 10.3 Å². The Morgan fingerprint density at radius 1 is 1.47 bits per heavy atom. The summed E-state index contributed by atoms with van der Waals surface area (Å²) in [6.07, 6.45) is 0.619. The van der Waals surface area contributed by atoms with Gasteiger partial charge < -0.3 is 15.6 Å². The second-order valence-electron chi connectivity index (χ2n) is 3.64. The van der Waals surface area contributed by atoms with Gasteiger partial charge >= 0.3 is 0 Å². The fourth-order valence-corrected chi connectivity index (χ4v) is 1.45. The predicted octanol–water partition coefficient (Wildman–Crippen LogP) is 1.75. The summed E-state index contributed by atoms with van der Waals surface area (Å²) >= 11 is 0. The lowest BCUT2D eigenvalue weighted by molar-refractivity contribution is 0.387. The van der Waals surface area contributed by atoms with Gasteiger partial charge in [-0.25, -0.2) is 4.39 Å². The molecule has 2 aromatic rings. The summed E-state index contributed by atoms with van der Waals surface area (Å²) in [7, 11) is 0. The first-order valence-electron chi connectivity index (χ1n) is 5.23. The topological polar surface area (TPSA) is 77.0 Å². The Bertz CT molecular complexity index is 512. The minimum atomic E-state index is -0.346. The fourth-order valence-electron chi connectivity index (χ4n) is 1.45. The highest BCUT2D eigenvalue weighted by molar-refractivity contribution is 5.65. The van der Waals surface area contributed by atoms with Crippen LogP contribution in [0.4, 0.5) is 15.8 Å². The molecular weight excluding hydrogens is 223 g/mol.